The normalized spacial score (nSPS) is 10.3. The molecule has 0 fully saturated rings. The Morgan fingerprint density at radius 2 is 1.30 bits per heavy atom. The second kappa shape index (κ2) is 8.76. The lowest BCUT2D eigenvalue weighted by atomic mass is 10.1. The van der Waals surface area contributed by atoms with E-state index in [1.54, 1.807) is 6.07 Å². The predicted octanol–water partition coefficient (Wildman–Crippen LogP) is 3.25. The Bertz CT molecular complexity index is 922. The third-order valence-electron chi connectivity index (χ3n) is 4.13. The number of aromatic nitrogens is 1. The monoisotopic (exact) mass is 359 g/mol. The van der Waals surface area contributed by atoms with Gasteiger partial charge in [-0.05, 0) is 24.1 Å². The van der Waals surface area contributed by atoms with Gasteiger partial charge in [-0.1, -0.05) is 60.2 Å². The van der Waals surface area contributed by atoms with E-state index in [2.05, 4.69) is 15.6 Å². The molecule has 27 heavy (non-hydrogen) atoms. The molecule has 2 aromatic carbocycles. The Labute approximate surface area is 158 Å². The summed E-state index contributed by atoms with van der Waals surface area (Å²) in [5.41, 5.74) is 3.90. The molecule has 5 heteroatoms. The lowest BCUT2D eigenvalue weighted by Gasteiger charge is -2.08. The van der Waals surface area contributed by atoms with Crippen LogP contribution < -0.4 is 10.6 Å². The van der Waals surface area contributed by atoms with Crippen molar-refractivity contribution in [2.75, 3.05) is 0 Å². The first-order chi connectivity index (χ1) is 13.1. The third-order valence-corrected chi connectivity index (χ3v) is 4.13. The molecule has 0 radical (unpaired) electrons. The van der Waals surface area contributed by atoms with E-state index in [1.807, 2.05) is 61.5 Å². The Balaban J connectivity index is 1.59. The van der Waals surface area contributed by atoms with Crippen LogP contribution in [0.25, 0.3) is 0 Å². The number of carbonyl (C=O) groups is 2. The molecule has 5 nitrogen and oxygen atoms in total. The van der Waals surface area contributed by atoms with E-state index in [0.717, 1.165) is 11.1 Å². The number of benzene rings is 2. The number of hydrogen-bond acceptors (Lipinski definition) is 3. The minimum Gasteiger partial charge on any atom is -0.348 e. The highest BCUT2D eigenvalue weighted by Gasteiger charge is 2.11. The highest BCUT2D eigenvalue weighted by molar-refractivity contribution is 5.99. The van der Waals surface area contributed by atoms with Crippen LogP contribution in [0.15, 0.2) is 73.1 Å². The van der Waals surface area contributed by atoms with Gasteiger partial charge in [0.05, 0.1) is 11.1 Å². The molecular weight excluding hydrogens is 338 g/mol. The second-order valence-corrected chi connectivity index (χ2v) is 6.30. The molecule has 3 rings (SSSR count). The number of aryl methyl sites for hydroxylation is 1. The highest BCUT2D eigenvalue weighted by Crippen LogP contribution is 2.06. The van der Waals surface area contributed by atoms with Crippen LogP contribution in [-0.4, -0.2) is 16.8 Å². The Kier molecular flexibility index (Phi) is 5.94. The van der Waals surface area contributed by atoms with E-state index in [9.17, 15) is 9.59 Å². The molecule has 0 saturated carbocycles. The molecule has 0 unspecified atom stereocenters. The van der Waals surface area contributed by atoms with Crippen LogP contribution in [-0.2, 0) is 13.1 Å². The fourth-order valence-corrected chi connectivity index (χ4v) is 2.56. The molecule has 1 heterocycles. The highest BCUT2D eigenvalue weighted by atomic mass is 16.2. The summed E-state index contributed by atoms with van der Waals surface area (Å²) in [6.07, 6.45) is 2.91. The van der Waals surface area contributed by atoms with E-state index in [4.69, 9.17) is 0 Å². The first-order valence-corrected chi connectivity index (χ1v) is 8.73. The maximum absolute atomic E-state index is 12.4. The Morgan fingerprint density at radius 3 is 1.85 bits per heavy atom. The van der Waals surface area contributed by atoms with E-state index < -0.39 is 0 Å². The quantitative estimate of drug-likeness (QED) is 0.710. The van der Waals surface area contributed by atoms with Crippen molar-refractivity contribution in [1.82, 2.24) is 15.6 Å². The lowest BCUT2D eigenvalue weighted by molar-refractivity contribution is 0.0950. The molecule has 136 valence electrons. The van der Waals surface area contributed by atoms with E-state index in [1.165, 1.54) is 18.0 Å². The van der Waals surface area contributed by atoms with Crippen molar-refractivity contribution in [3.05, 3.63) is 101 Å². The summed E-state index contributed by atoms with van der Waals surface area (Å²) in [5.74, 6) is -0.527. The van der Waals surface area contributed by atoms with Crippen molar-refractivity contribution in [2.45, 2.75) is 20.0 Å². The molecule has 0 saturated heterocycles. The number of carbonyl (C=O) groups excluding carboxylic acids is 2. The van der Waals surface area contributed by atoms with Crippen LogP contribution in [0.5, 0.6) is 0 Å². The van der Waals surface area contributed by atoms with Gasteiger partial charge in [0.2, 0.25) is 0 Å². The van der Waals surface area contributed by atoms with Crippen molar-refractivity contribution < 1.29 is 9.59 Å². The summed E-state index contributed by atoms with van der Waals surface area (Å²) in [5, 5.41) is 5.68. The van der Waals surface area contributed by atoms with Crippen LogP contribution >= 0.6 is 0 Å². The van der Waals surface area contributed by atoms with Gasteiger partial charge in [-0.25, -0.2) is 0 Å². The van der Waals surface area contributed by atoms with Gasteiger partial charge in [0, 0.05) is 25.5 Å². The standard InChI is InChI=1S/C22H21N3O2/c1-16-7-9-18(10-8-16)13-25-22(27)20-11-19(14-23-15-20)21(26)24-12-17-5-3-2-4-6-17/h2-11,14-15H,12-13H2,1H3,(H,24,26)(H,25,27). The van der Waals surface area contributed by atoms with Gasteiger partial charge < -0.3 is 10.6 Å². The number of nitrogens with zero attached hydrogens (tertiary/aromatic N) is 1. The second-order valence-electron chi connectivity index (χ2n) is 6.30. The predicted molar refractivity (Wildman–Crippen MR) is 104 cm³/mol. The first kappa shape index (κ1) is 18.3. The number of rotatable bonds is 6. The SMILES string of the molecule is Cc1ccc(CNC(=O)c2cncc(C(=O)NCc3ccccc3)c2)cc1. The van der Waals surface area contributed by atoms with Gasteiger partial charge in [0.15, 0.2) is 0 Å². The lowest BCUT2D eigenvalue weighted by Crippen LogP contribution is -2.25. The van der Waals surface area contributed by atoms with Crippen LogP contribution in [0.3, 0.4) is 0 Å². The summed E-state index contributed by atoms with van der Waals surface area (Å²) in [4.78, 5) is 28.7. The molecule has 0 spiro atoms. The maximum atomic E-state index is 12.4. The van der Waals surface area contributed by atoms with Crippen molar-refractivity contribution in [3.63, 3.8) is 0 Å². The smallest absolute Gasteiger partial charge is 0.253 e. The summed E-state index contributed by atoms with van der Waals surface area (Å²) >= 11 is 0. The van der Waals surface area contributed by atoms with Crippen LogP contribution in [0, 0.1) is 6.92 Å². The number of pyridine rings is 1. The van der Waals surface area contributed by atoms with Crippen molar-refractivity contribution in [1.29, 1.82) is 0 Å². The molecule has 0 aliphatic rings. The van der Waals surface area contributed by atoms with E-state index in [0.29, 0.717) is 24.2 Å². The zero-order valence-electron chi connectivity index (χ0n) is 15.1. The minimum atomic E-state index is -0.264. The average Bonchev–Trinajstić information content (AvgIpc) is 2.72. The van der Waals surface area contributed by atoms with Gasteiger partial charge in [-0.2, -0.15) is 0 Å². The Hall–Kier alpha value is -3.47. The third kappa shape index (κ3) is 5.25. The summed E-state index contributed by atoms with van der Waals surface area (Å²) in [6, 6.07) is 19.1. The average molecular weight is 359 g/mol. The molecule has 0 atom stereocenters. The summed E-state index contributed by atoms with van der Waals surface area (Å²) in [6.45, 7) is 2.86. The van der Waals surface area contributed by atoms with Gasteiger partial charge in [0.1, 0.15) is 0 Å². The zero-order chi connectivity index (χ0) is 19.1. The molecule has 0 aliphatic heterocycles. The molecule has 0 aliphatic carbocycles. The first-order valence-electron chi connectivity index (χ1n) is 8.73. The van der Waals surface area contributed by atoms with Crippen LogP contribution in [0.1, 0.15) is 37.4 Å². The largest absolute Gasteiger partial charge is 0.348 e. The molecule has 0 bridgehead atoms. The van der Waals surface area contributed by atoms with Crippen molar-refractivity contribution >= 4 is 11.8 Å². The van der Waals surface area contributed by atoms with Crippen molar-refractivity contribution in [3.8, 4) is 0 Å². The molecule has 2 N–H and O–H groups in total. The van der Waals surface area contributed by atoms with Gasteiger partial charge >= 0.3 is 0 Å². The zero-order valence-corrected chi connectivity index (χ0v) is 15.1. The fraction of sp³-hybridized carbons (Fsp3) is 0.136. The molecule has 2 amide bonds. The van der Waals surface area contributed by atoms with E-state index >= 15 is 0 Å². The van der Waals surface area contributed by atoms with Gasteiger partial charge in [-0.15, -0.1) is 0 Å². The maximum Gasteiger partial charge on any atom is 0.253 e. The molecular formula is C22H21N3O2. The van der Waals surface area contributed by atoms with Crippen molar-refractivity contribution in [2.24, 2.45) is 0 Å². The topological polar surface area (TPSA) is 71.1 Å². The molecule has 3 aromatic rings. The summed E-state index contributed by atoms with van der Waals surface area (Å²) < 4.78 is 0. The van der Waals surface area contributed by atoms with E-state index in [-0.39, 0.29) is 11.8 Å². The minimum absolute atomic E-state index is 0.263. The molecule has 1 aromatic heterocycles. The fourth-order valence-electron chi connectivity index (χ4n) is 2.56. The number of amides is 2. The number of hydrogen-bond donors (Lipinski definition) is 2. The van der Waals surface area contributed by atoms with Gasteiger partial charge in [-0.3, -0.25) is 14.6 Å². The van der Waals surface area contributed by atoms with Crippen LogP contribution in [0.4, 0.5) is 0 Å². The Morgan fingerprint density at radius 1 is 0.778 bits per heavy atom. The number of nitrogens with one attached hydrogen (secondary N) is 2. The van der Waals surface area contributed by atoms with Crippen LogP contribution in [0.2, 0.25) is 0 Å². The summed E-state index contributed by atoms with van der Waals surface area (Å²) in [7, 11) is 0. The van der Waals surface area contributed by atoms with Gasteiger partial charge in [0.25, 0.3) is 11.8 Å².